The number of nitrogens with two attached hydrogens (primary N) is 1. The van der Waals surface area contributed by atoms with Gasteiger partial charge in [0.2, 0.25) is 5.91 Å². The fourth-order valence-corrected chi connectivity index (χ4v) is 4.49. The zero-order valence-electron chi connectivity index (χ0n) is 12.2. The normalized spacial score (nSPS) is 26.2. The Bertz CT molecular complexity index is 580. The first-order chi connectivity index (χ1) is 10.6. The molecule has 0 bridgehead atoms. The molecule has 5 N–H and O–H groups in total. The van der Waals surface area contributed by atoms with E-state index < -0.39 is 0 Å². The Hall–Kier alpha value is -1.89. The molecule has 0 aromatic heterocycles. The molecular weight excluding hydrogens is 300 g/mol. The number of urea groups is 1. The van der Waals surface area contributed by atoms with E-state index in [0.29, 0.717) is 17.4 Å². The van der Waals surface area contributed by atoms with E-state index in [2.05, 4.69) is 16.0 Å². The maximum Gasteiger partial charge on any atom is 0.315 e. The summed E-state index contributed by atoms with van der Waals surface area (Å²) in [4.78, 5) is 23.2. The number of hydrogen-bond donors (Lipinski definition) is 4. The minimum Gasteiger partial charge on any atom is -0.399 e. The number of hydrogen-bond acceptors (Lipinski definition) is 4. The average Bonchev–Trinajstić information content (AvgIpc) is 2.99. The number of carbonyl (C=O) groups excluding carboxylic acids is 2. The minimum absolute atomic E-state index is 0.00118. The highest BCUT2D eigenvalue weighted by atomic mass is 32.2. The quantitative estimate of drug-likeness (QED) is 0.489. The highest BCUT2D eigenvalue weighted by molar-refractivity contribution is 8.00. The molecule has 1 aromatic carbocycles. The highest BCUT2D eigenvalue weighted by Crippen LogP contribution is 2.33. The number of benzene rings is 1. The van der Waals surface area contributed by atoms with E-state index in [0.717, 1.165) is 24.3 Å². The first-order valence-electron chi connectivity index (χ1n) is 7.46. The van der Waals surface area contributed by atoms with Crippen LogP contribution in [0.1, 0.15) is 19.3 Å². The summed E-state index contributed by atoms with van der Waals surface area (Å²) in [5.41, 5.74) is 7.05. The lowest BCUT2D eigenvalue weighted by Gasteiger charge is -2.16. The Morgan fingerprint density at radius 3 is 3.09 bits per heavy atom. The van der Waals surface area contributed by atoms with Gasteiger partial charge in [-0.2, -0.15) is 11.8 Å². The van der Waals surface area contributed by atoms with Gasteiger partial charge in [0.05, 0.1) is 12.1 Å². The van der Waals surface area contributed by atoms with Gasteiger partial charge in [0.15, 0.2) is 0 Å². The van der Waals surface area contributed by atoms with Crippen molar-refractivity contribution in [2.24, 2.45) is 0 Å². The molecule has 3 rings (SSSR count). The van der Waals surface area contributed by atoms with Gasteiger partial charge in [-0.05, 0) is 31.0 Å². The van der Waals surface area contributed by atoms with Crippen molar-refractivity contribution in [2.75, 3.05) is 16.8 Å². The van der Waals surface area contributed by atoms with E-state index in [1.807, 2.05) is 23.9 Å². The van der Waals surface area contributed by atoms with Crippen LogP contribution in [0.25, 0.3) is 0 Å². The van der Waals surface area contributed by atoms with Crippen molar-refractivity contribution in [1.29, 1.82) is 0 Å². The van der Waals surface area contributed by atoms with Crippen LogP contribution in [0.5, 0.6) is 0 Å². The number of anilines is 2. The summed E-state index contributed by atoms with van der Waals surface area (Å²) >= 11 is 1.87. The van der Waals surface area contributed by atoms with Crippen molar-refractivity contribution in [3.8, 4) is 0 Å². The van der Waals surface area contributed by atoms with Gasteiger partial charge in [-0.1, -0.05) is 6.07 Å². The van der Waals surface area contributed by atoms with Crippen LogP contribution in [0.4, 0.5) is 16.2 Å². The summed E-state index contributed by atoms with van der Waals surface area (Å²) in [6.45, 7) is 0. The van der Waals surface area contributed by atoms with Crippen LogP contribution in [-0.2, 0) is 4.79 Å². The second kappa shape index (κ2) is 6.48. The SMILES string of the molecule is Nc1cccc(NC(=O)CCC[C@H]2SC[C@H]3NC(=O)N[C@H]32)c1. The third kappa shape index (κ3) is 3.47. The van der Waals surface area contributed by atoms with E-state index >= 15 is 0 Å². The maximum absolute atomic E-state index is 11.9. The van der Waals surface area contributed by atoms with Gasteiger partial charge in [-0.15, -0.1) is 0 Å². The Labute approximate surface area is 133 Å². The molecular formula is C15H20N4O2S. The molecule has 2 aliphatic heterocycles. The van der Waals surface area contributed by atoms with E-state index in [1.54, 1.807) is 12.1 Å². The average molecular weight is 320 g/mol. The number of rotatable bonds is 5. The fourth-order valence-electron chi connectivity index (χ4n) is 2.95. The molecule has 3 amide bonds. The van der Waals surface area contributed by atoms with Crippen molar-refractivity contribution >= 4 is 35.1 Å². The monoisotopic (exact) mass is 320 g/mol. The van der Waals surface area contributed by atoms with E-state index in [4.69, 9.17) is 5.73 Å². The lowest BCUT2D eigenvalue weighted by atomic mass is 10.0. The van der Waals surface area contributed by atoms with Crippen molar-refractivity contribution in [3.05, 3.63) is 24.3 Å². The molecule has 0 saturated carbocycles. The number of nitrogen functional groups attached to an aromatic ring is 1. The van der Waals surface area contributed by atoms with Crippen LogP contribution in [-0.4, -0.2) is 35.0 Å². The standard InChI is InChI=1S/C15H20N4O2S/c16-9-3-1-4-10(7-9)17-13(20)6-2-5-12-14-11(8-22-12)18-15(21)19-14/h1,3-4,7,11-12,14H,2,5-6,8,16H2,(H,17,20)(H2,18,19,21)/t11-,12-,14-/m1/s1. The summed E-state index contributed by atoms with van der Waals surface area (Å²) in [6, 6.07) is 7.54. The van der Waals surface area contributed by atoms with Crippen LogP contribution in [0, 0.1) is 0 Å². The molecule has 0 radical (unpaired) electrons. The molecule has 0 aliphatic carbocycles. The molecule has 2 heterocycles. The molecule has 0 unspecified atom stereocenters. The summed E-state index contributed by atoms with van der Waals surface area (Å²) in [6.07, 6.45) is 2.22. The highest BCUT2D eigenvalue weighted by Gasteiger charge is 2.42. The van der Waals surface area contributed by atoms with E-state index in [-0.39, 0.29) is 24.0 Å². The van der Waals surface area contributed by atoms with Crippen molar-refractivity contribution in [1.82, 2.24) is 10.6 Å². The first-order valence-corrected chi connectivity index (χ1v) is 8.51. The van der Waals surface area contributed by atoms with Gasteiger partial charge in [-0.25, -0.2) is 4.79 Å². The summed E-state index contributed by atoms with van der Waals surface area (Å²) in [7, 11) is 0. The number of thioether (sulfide) groups is 1. The zero-order valence-corrected chi connectivity index (χ0v) is 13.0. The summed E-state index contributed by atoms with van der Waals surface area (Å²) < 4.78 is 0. The molecule has 7 heteroatoms. The molecule has 2 aliphatic rings. The largest absolute Gasteiger partial charge is 0.399 e. The fraction of sp³-hybridized carbons (Fsp3) is 0.467. The first kappa shape index (κ1) is 15.0. The molecule has 2 saturated heterocycles. The van der Waals surface area contributed by atoms with E-state index in [1.165, 1.54) is 0 Å². The van der Waals surface area contributed by atoms with Crippen LogP contribution in [0.2, 0.25) is 0 Å². The van der Waals surface area contributed by atoms with Gasteiger partial charge >= 0.3 is 6.03 Å². The summed E-state index contributed by atoms with van der Waals surface area (Å²) in [5, 5.41) is 9.13. The Morgan fingerprint density at radius 1 is 1.41 bits per heavy atom. The minimum atomic E-state index is -0.0697. The maximum atomic E-state index is 11.9. The zero-order chi connectivity index (χ0) is 15.5. The number of amides is 3. The van der Waals surface area contributed by atoms with Crippen molar-refractivity contribution < 1.29 is 9.59 Å². The molecule has 118 valence electrons. The van der Waals surface area contributed by atoms with Gasteiger partial charge in [0, 0.05) is 28.8 Å². The van der Waals surface area contributed by atoms with Crippen molar-refractivity contribution in [3.63, 3.8) is 0 Å². The third-order valence-electron chi connectivity index (χ3n) is 4.00. The number of carbonyl (C=O) groups is 2. The van der Waals surface area contributed by atoms with Gasteiger partial charge < -0.3 is 21.7 Å². The third-order valence-corrected chi connectivity index (χ3v) is 5.51. The molecule has 6 nitrogen and oxygen atoms in total. The second-order valence-electron chi connectivity index (χ2n) is 5.69. The molecule has 1 aromatic rings. The Morgan fingerprint density at radius 2 is 2.27 bits per heavy atom. The molecule has 2 fully saturated rings. The molecule has 3 atom stereocenters. The topological polar surface area (TPSA) is 96.2 Å². The predicted molar refractivity (Wildman–Crippen MR) is 88.8 cm³/mol. The molecule has 22 heavy (non-hydrogen) atoms. The van der Waals surface area contributed by atoms with Crippen LogP contribution >= 0.6 is 11.8 Å². The van der Waals surface area contributed by atoms with Gasteiger partial charge in [0.1, 0.15) is 0 Å². The van der Waals surface area contributed by atoms with Crippen LogP contribution < -0.4 is 21.7 Å². The van der Waals surface area contributed by atoms with E-state index in [9.17, 15) is 9.59 Å². The summed E-state index contributed by atoms with van der Waals surface area (Å²) in [5.74, 6) is 0.947. The lowest BCUT2D eigenvalue weighted by Crippen LogP contribution is -2.36. The van der Waals surface area contributed by atoms with Crippen LogP contribution in [0.3, 0.4) is 0 Å². The smallest absolute Gasteiger partial charge is 0.315 e. The Kier molecular flexibility index (Phi) is 4.42. The van der Waals surface area contributed by atoms with Gasteiger partial charge in [-0.3, -0.25) is 4.79 Å². The lowest BCUT2D eigenvalue weighted by molar-refractivity contribution is -0.116. The second-order valence-corrected chi connectivity index (χ2v) is 6.96. The van der Waals surface area contributed by atoms with Gasteiger partial charge in [0.25, 0.3) is 0 Å². The van der Waals surface area contributed by atoms with Crippen LogP contribution in [0.15, 0.2) is 24.3 Å². The van der Waals surface area contributed by atoms with Crippen molar-refractivity contribution in [2.45, 2.75) is 36.6 Å². The molecule has 0 spiro atoms. The Balaban J connectivity index is 1.41. The predicted octanol–water partition coefficient (Wildman–Crippen LogP) is 1.54. The number of fused-ring (bicyclic) bond motifs is 1. The number of nitrogens with one attached hydrogen (secondary N) is 3.